The van der Waals surface area contributed by atoms with Gasteiger partial charge < -0.3 is 74.2 Å². The molecule has 0 aliphatic carbocycles. The zero-order chi connectivity index (χ0) is 63.1. The Labute approximate surface area is 495 Å². The lowest BCUT2D eigenvalue weighted by Crippen LogP contribution is -2.62. The number of aliphatic hydroxyl groups is 1. The Bertz CT molecular complexity index is 2770. The van der Waals surface area contributed by atoms with Crippen LogP contribution in [0.5, 0.6) is 5.75 Å². The number of primary amides is 1. The number of nitrogens with two attached hydrogens (primary N) is 2. The third-order valence-corrected chi connectivity index (χ3v) is 14.6. The number of carboxylic acids is 1. The van der Waals surface area contributed by atoms with Crippen molar-refractivity contribution >= 4 is 65.0 Å². The van der Waals surface area contributed by atoms with Gasteiger partial charge in [0.25, 0.3) is 0 Å². The standard InChI is InChI=1S/C60H85N11O14/c1-8-35(6)50(69-57(82)46-20-15-27-71(46)60(85)49(34(4)5)68-53(78)41(61)29-37-16-11-9-12-17-37)58(83)67-45(30-38-18-13-10-14-19-38)56(81)70-51(36(7)72)59(84)66-44(31-39-21-23-40(73)24-22-39)54(79)63-32-47(74)64-42(25-26-48(75)76)55(80)65-43(52(62)77)28-33(2)3/h9-14,16-19,21-24,33-36,41-46,49-51,72-73H,8,15,20,25-32,61H2,1-7H3,(H2,62,77)(H,63,79)(H,64,74)(H,65,80)(H,66,84)(H,67,83)(H,68,78)(H,69,82)(H,70,81)(H,75,76)/t35-,36+,41+,42-,43-,44-,45-,46-,49-,50-,51-/m0/s1. The molecule has 0 saturated carbocycles. The number of nitrogens with zero attached hydrogens (tertiary/aromatic N) is 1. The lowest BCUT2D eigenvalue weighted by Gasteiger charge is -2.33. The summed E-state index contributed by atoms with van der Waals surface area (Å²) in [6, 6.07) is 11.6. The maximum absolute atomic E-state index is 14.5. The van der Waals surface area contributed by atoms with Crippen molar-refractivity contribution in [2.75, 3.05) is 13.1 Å². The summed E-state index contributed by atoms with van der Waals surface area (Å²) in [4.78, 5) is 151. The molecule has 1 heterocycles. The van der Waals surface area contributed by atoms with Crippen LogP contribution >= 0.6 is 0 Å². The first kappa shape index (κ1) is 69.0. The molecular weight excluding hydrogens is 1100 g/mol. The van der Waals surface area contributed by atoms with Crippen LogP contribution in [-0.2, 0) is 72.0 Å². The number of carboxylic acid groups (broad SMARTS) is 1. The van der Waals surface area contributed by atoms with Gasteiger partial charge >= 0.3 is 5.97 Å². The third kappa shape index (κ3) is 22.2. The van der Waals surface area contributed by atoms with Gasteiger partial charge in [0.15, 0.2) is 0 Å². The first-order valence-electron chi connectivity index (χ1n) is 28.7. The van der Waals surface area contributed by atoms with E-state index in [9.17, 15) is 68.1 Å². The Kier molecular flexibility index (Phi) is 27.4. The van der Waals surface area contributed by atoms with Gasteiger partial charge in [-0.3, -0.25) is 52.7 Å². The van der Waals surface area contributed by atoms with Crippen molar-refractivity contribution < 1.29 is 68.1 Å². The summed E-state index contributed by atoms with van der Waals surface area (Å²) in [5.74, 6) is -10.6. The lowest BCUT2D eigenvalue weighted by atomic mass is 9.96. The Morgan fingerprint density at radius 3 is 1.65 bits per heavy atom. The van der Waals surface area contributed by atoms with Gasteiger partial charge in [-0.25, -0.2) is 0 Å². The van der Waals surface area contributed by atoms with Gasteiger partial charge in [0, 0.05) is 25.8 Å². The SMILES string of the molecule is CC[C@H](C)[C@H](NC(=O)[C@@H]1CCCN1C(=O)[C@@H](NC(=O)[C@H](N)Cc1ccccc1)C(C)C)C(=O)N[C@@H](Cc1ccccc1)C(=O)N[C@H](C(=O)N[C@@H](Cc1ccc(O)cc1)C(=O)NCC(=O)N[C@@H](CCC(=O)O)C(=O)N[C@@H](CC(C)C)C(N)=O)[C@@H](C)O. The van der Waals surface area contributed by atoms with Crippen LogP contribution in [-0.4, -0.2) is 159 Å². The average molecular weight is 1180 g/mol. The molecule has 15 N–H and O–H groups in total. The second kappa shape index (κ2) is 33.7. The van der Waals surface area contributed by atoms with Crippen LogP contribution in [0.3, 0.4) is 0 Å². The van der Waals surface area contributed by atoms with E-state index in [2.05, 4.69) is 42.5 Å². The first-order chi connectivity index (χ1) is 40.2. The highest BCUT2D eigenvalue weighted by molar-refractivity contribution is 5.99. The summed E-state index contributed by atoms with van der Waals surface area (Å²) in [6.45, 7) is 11.2. The van der Waals surface area contributed by atoms with Crippen LogP contribution in [0.25, 0.3) is 0 Å². The smallest absolute Gasteiger partial charge is 0.303 e. The predicted molar refractivity (Wildman–Crippen MR) is 313 cm³/mol. The van der Waals surface area contributed by atoms with E-state index in [1.165, 1.54) is 36.1 Å². The fourth-order valence-corrected chi connectivity index (χ4v) is 9.55. The van der Waals surface area contributed by atoms with Crippen LogP contribution in [0.15, 0.2) is 84.9 Å². The largest absolute Gasteiger partial charge is 0.508 e. The molecule has 1 aliphatic heterocycles. The number of aliphatic carboxylic acids is 1. The molecule has 25 heteroatoms. The van der Waals surface area contributed by atoms with Crippen molar-refractivity contribution in [2.24, 2.45) is 29.2 Å². The Morgan fingerprint density at radius 1 is 0.600 bits per heavy atom. The van der Waals surface area contributed by atoms with Crippen molar-refractivity contribution in [1.82, 2.24) is 47.4 Å². The molecule has 11 atom stereocenters. The molecule has 0 radical (unpaired) electrons. The number of benzene rings is 3. The number of amides is 10. The molecule has 3 aromatic carbocycles. The average Bonchev–Trinajstić information content (AvgIpc) is 3.12. The molecule has 0 spiro atoms. The Hall–Kier alpha value is -8.45. The molecule has 4 rings (SSSR count). The molecule has 0 unspecified atom stereocenters. The number of carbonyl (C=O) groups excluding carboxylic acids is 10. The Morgan fingerprint density at radius 2 is 1.12 bits per heavy atom. The first-order valence-corrected chi connectivity index (χ1v) is 28.7. The Balaban J connectivity index is 1.53. The molecule has 25 nitrogen and oxygen atoms in total. The summed E-state index contributed by atoms with van der Waals surface area (Å²) >= 11 is 0. The minimum Gasteiger partial charge on any atom is -0.508 e. The zero-order valence-electron chi connectivity index (χ0n) is 49.3. The van der Waals surface area contributed by atoms with Crippen LogP contribution in [0.4, 0.5) is 0 Å². The fraction of sp³-hybridized carbons (Fsp3) is 0.517. The molecule has 1 aliphatic rings. The van der Waals surface area contributed by atoms with Gasteiger partial charge in [-0.2, -0.15) is 0 Å². The normalized spacial score (nSPS) is 16.6. The fourth-order valence-electron chi connectivity index (χ4n) is 9.55. The van der Waals surface area contributed by atoms with Gasteiger partial charge in [0.05, 0.1) is 18.7 Å². The maximum Gasteiger partial charge on any atom is 0.303 e. The highest BCUT2D eigenvalue weighted by Gasteiger charge is 2.42. The molecule has 10 amide bonds. The molecule has 464 valence electrons. The molecular formula is C60H85N11O14. The number of likely N-dealkylation sites (tertiary alicyclic amines) is 1. The summed E-state index contributed by atoms with van der Waals surface area (Å²) in [5, 5.41) is 50.9. The van der Waals surface area contributed by atoms with E-state index < -0.39 is 157 Å². The van der Waals surface area contributed by atoms with Crippen molar-refractivity contribution in [3.8, 4) is 5.75 Å². The molecule has 0 bridgehead atoms. The second-order valence-electron chi connectivity index (χ2n) is 22.4. The second-order valence-corrected chi connectivity index (χ2v) is 22.4. The summed E-state index contributed by atoms with van der Waals surface area (Å²) < 4.78 is 0. The van der Waals surface area contributed by atoms with Crippen LogP contribution in [0.1, 0.15) is 104 Å². The van der Waals surface area contributed by atoms with E-state index in [0.29, 0.717) is 24.0 Å². The van der Waals surface area contributed by atoms with Crippen molar-refractivity contribution in [3.63, 3.8) is 0 Å². The minimum atomic E-state index is -1.79. The molecule has 3 aromatic rings. The van der Waals surface area contributed by atoms with Crippen LogP contribution in [0, 0.1) is 17.8 Å². The summed E-state index contributed by atoms with van der Waals surface area (Å²) in [6.07, 6.45) is -1.54. The highest BCUT2D eigenvalue weighted by atomic mass is 16.4. The number of nitrogens with one attached hydrogen (secondary N) is 8. The number of hydrogen-bond acceptors (Lipinski definition) is 14. The monoisotopic (exact) mass is 1180 g/mol. The highest BCUT2D eigenvalue weighted by Crippen LogP contribution is 2.22. The number of rotatable bonds is 33. The van der Waals surface area contributed by atoms with E-state index in [1.54, 1.807) is 71.9 Å². The third-order valence-electron chi connectivity index (χ3n) is 14.6. The quantitative estimate of drug-likeness (QED) is 0.0373. The van der Waals surface area contributed by atoms with E-state index in [0.717, 1.165) is 5.56 Å². The van der Waals surface area contributed by atoms with Gasteiger partial charge in [-0.1, -0.05) is 121 Å². The number of phenols is 1. The number of aromatic hydroxyl groups is 1. The number of carbonyl (C=O) groups is 11. The van der Waals surface area contributed by atoms with E-state index in [4.69, 9.17) is 11.5 Å². The van der Waals surface area contributed by atoms with E-state index in [1.807, 2.05) is 30.3 Å². The van der Waals surface area contributed by atoms with Crippen molar-refractivity contribution in [3.05, 3.63) is 102 Å². The van der Waals surface area contributed by atoms with E-state index in [-0.39, 0.29) is 50.3 Å². The molecule has 85 heavy (non-hydrogen) atoms. The molecule has 1 saturated heterocycles. The van der Waals surface area contributed by atoms with Gasteiger partial charge in [-0.05, 0) is 85.6 Å². The summed E-state index contributed by atoms with van der Waals surface area (Å²) in [5.41, 5.74) is 13.6. The number of phenolic OH excluding ortho intramolecular Hbond substituents is 1. The summed E-state index contributed by atoms with van der Waals surface area (Å²) in [7, 11) is 0. The zero-order valence-corrected chi connectivity index (χ0v) is 49.3. The number of aliphatic hydroxyl groups excluding tert-OH is 1. The van der Waals surface area contributed by atoms with Crippen molar-refractivity contribution in [2.45, 2.75) is 167 Å². The van der Waals surface area contributed by atoms with Gasteiger partial charge in [0.1, 0.15) is 54.1 Å². The van der Waals surface area contributed by atoms with Crippen LogP contribution in [0.2, 0.25) is 0 Å². The van der Waals surface area contributed by atoms with Crippen molar-refractivity contribution in [1.29, 1.82) is 0 Å². The molecule has 0 aromatic heterocycles. The molecule has 1 fully saturated rings. The number of hydrogen-bond donors (Lipinski definition) is 13. The van der Waals surface area contributed by atoms with Crippen LogP contribution < -0.4 is 54.0 Å². The minimum absolute atomic E-state index is 0.0795. The maximum atomic E-state index is 14.5. The van der Waals surface area contributed by atoms with Gasteiger partial charge in [-0.15, -0.1) is 0 Å². The topological polar surface area (TPSA) is 400 Å². The van der Waals surface area contributed by atoms with Gasteiger partial charge in [0.2, 0.25) is 59.1 Å². The lowest BCUT2D eigenvalue weighted by molar-refractivity contribution is -0.143. The predicted octanol–water partition coefficient (Wildman–Crippen LogP) is -0.273. The van der Waals surface area contributed by atoms with E-state index >= 15 is 0 Å².